The van der Waals surface area contributed by atoms with Gasteiger partial charge in [0.1, 0.15) is 12.3 Å². The van der Waals surface area contributed by atoms with Crippen LogP contribution in [0.1, 0.15) is 71.1 Å². The van der Waals surface area contributed by atoms with Gasteiger partial charge in [-0.3, -0.25) is 0 Å². The third-order valence-corrected chi connectivity index (χ3v) is 7.70. The zero-order valence-electron chi connectivity index (χ0n) is 15.8. The van der Waals surface area contributed by atoms with Gasteiger partial charge < -0.3 is 4.74 Å². The fourth-order valence-corrected chi connectivity index (χ4v) is 5.97. The Kier molecular flexibility index (Phi) is 6.73. The minimum atomic E-state index is -1.55. The molecule has 0 radical (unpaired) electrons. The van der Waals surface area contributed by atoms with Gasteiger partial charge in [-0.15, -0.1) is 0 Å². The summed E-state index contributed by atoms with van der Waals surface area (Å²) >= 11 is 0. The molecule has 3 rings (SSSR count). The van der Waals surface area contributed by atoms with Crippen molar-refractivity contribution in [1.29, 1.82) is 0 Å². The summed E-state index contributed by atoms with van der Waals surface area (Å²) in [5.74, 6) is 1.18. The third kappa shape index (κ3) is 4.20. The van der Waals surface area contributed by atoms with Crippen LogP contribution >= 0.6 is 0 Å². The lowest BCUT2D eigenvalue weighted by Gasteiger charge is -2.44. The van der Waals surface area contributed by atoms with E-state index in [2.05, 4.69) is 6.92 Å². The van der Waals surface area contributed by atoms with Crippen molar-refractivity contribution < 1.29 is 17.9 Å². The summed E-state index contributed by atoms with van der Waals surface area (Å²) in [6, 6.07) is 0. The smallest absolute Gasteiger partial charge is 0.157 e. The first-order valence-corrected chi connectivity index (χ1v) is 10.5. The van der Waals surface area contributed by atoms with Crippen molar-refractivity contribution in [2.75, 3.05) is 7.11 Å². The highest BCUT2D eigenvalue weighted by molar-refractivity contribution is 4.95. The highest BCUT2D eigenvalue weighted by Gasteiger charge is 2.46. The molecule has 0 aromatic heterocycles. The Balaban J connectivity index is 1.53. The first-order chi connectivity index (χ1) is 12.0. The Hall–Kier alpha value is -0.250. The summed E-state index contributed by atoms with van der Waals surface area (Å²) < 4.78 is 48.7. The van der Waals surface area contributed by atoms with E-state index < -0.39 is 24.6 Å². The number of hydrogen-bond donors (Lipinski definition) is 0. The molecular formula is C21H35F3O. The molecule has 0 aromatic rings. The molecule has 7 unspecified atom stereocenters. The monoisotopic (exact) mass is 360 g/mol. The van der Waals surface area contributed by atoms with Crippen LogP contribution in [0.15, 0.2) is 0 Å². The number of ether oxygens (including phenoxy) is 1. The van der Waals surface area contributed by atoms with Crippen LogP contribution in [0.2, 0.25) is 0 Å². The normalized spacial score (nSPS) is 49.1. The van der Waals surface area contributed by atoms with Crippen LogP contribution < -0.4 is 0 Å². The Morgan fingerprint density at radius 2 is 1.40 bits per heavy atom. The van der Waals surface area contributed by atoms with Crippen molar-refractivity contribution in [3.8, 4) is 0 Å². The fraction of sp³-hybridized carbons (Fsp3) is 1.00. The second-order valence-corrected chi connectivity index (χ2v) is 8.85. The van der Waals surface area contributed by atoms with Crippen LogP contribution in [0.5, 0.6) is 0 Å². The average Bonchev–Trinajstić information content (AvgIpc) is 2.64. The second-order valence-electron chi connectivity index (χ2n) is 8.85. The summed E-state index contributed by atoms with van der Waals surface area (Å²) in [6.45, 7) is 2.25. The van der Waals surface area contributed by atoms with Crippen molar-refractivity contribution >= 4 is 0 Å². The maximum absolute atomic E-state index is 14.9. The third-order valence-electron chi connectivity index (χ3n) is 7.70. The Bertz CT molecular complexity index is 410. The zero-order chi connectivity index (χ0) is 18.0. The van der Waals surface area contributed by atoms with Gasteiger partial charge in [-0.2, -0.15) is 0 Å². The highest BCUT2D eigenvalue weighted by Crippen LogP contribution is 2.47. The molecule has 25 heavy (non-hydrogen) atoms. The van der Waals surface area contributed by atoms with Gasteiger partial charge in [0.05, 0.1) is 6.10 Å². The SMILES string of the molecule is CCC1CCC(C2CCC(C3CCC(OC)C(F)C3F)CC2F)CC1. The predicted octanol–water partition coefficient (Wildman–Crippen LogP) is 6.06. The van der Waals surface area contributed by atoms with Gasteiger partial charge in [0.25, 0.3) is 0 Å². The predicted molar refractivity (Wildman–Crippen MR) is 94.8 cm³/mol. The lowest BCUT2D eigenvalue weighted by atomic mass is 9.64. The van der Waals surface area contributed by atoms with E-state index in [1.807, 2.05) is 0 Å². The van der Waals surface area contributed by atoms with E-state index in [4.69, 9.17) is 4.74 Å². The Labute approximate surface area is 151 Å². The van der Waals surface area contributed by atoms with Crippen LogP contribution in [0, 0.1) is 29.6 Å². The van der Waals surface area contributed by atoms with Gasteiger partial charge in [0, 0.05) is 7.11 Å². The number of halogens is 3. The molecule has 0 spiro atoms. The van der Waals surface area contributed by atoms with Crippen molar-refractivity contribution in [3.05, 3.63) is 0 Å². The molecule has 3 saturated carbocycles. The van der Waals surface area contributed by atoms with E-state index in [0.29, 0.717) is 25.2 Å². The highest BCUT2D eigenvalue weighted by atomic mass is 19.2. The molecule has 3 aliphatic carbocycles. The topological polar surface area (TPSA) is 9.23 Å². The molecule has 0 aliphatic heterocycles. The molecule has 3 fully saturated rings. The van der Waals surface area contributed by atoms with Gasteiger partial charge in [-0.05, 0) is 74.5 Å². The standard InChI is InChI=1S/C21H35F3O/c1-3-13-4-6-14(7-5-13)16-9-8-15(12-18(16)22)17-10-11-19(25-2)21(24)20(17)23/h13-21H,3-12H2,1-2H3. The molecule has 7 atom stereocenters. The fourth-order valence-electron chi connectivity index (χ4n) is 5.97. The molecule has 0 saturated heterocycles. The molecule has 4 heteroatoms. The number of alkyl halides is 3. The molecule has 3 aliphatic rings. The lowest BCUT2D eigenvalue weighted by molar-refractivity contribution is -0.0784. The molecule has 146 valence electrons. The molecule has 0 bridgehead atoms. The van der Waals surface area contributed by atoms with Gasteiger partial charge >= 0.3 is 0 Å². The minimum absolute atomic E-state index is 0.00397. The van der Waals surface area contributed by atoms with E-state index in [1.54, 1.807) is 0 Å². The van der Waals surface area contributed by atoms with Crippen LogP contribution in [0.4, 0.5) is 13.2 Å². The van der Waals surface area contributed by atoms with Crippen LogP contribution in [-0.2, 0) is 4.74 Å². The second kappa shape index (κ2) is 8.63. The van der Waals surface area contributed by atoms with Gasteiger partial charge in [0.2, 0.25) is 0 Å². The molecule has 0 N–H and O–H groups in total. The van der Waals surface area contributed by atoms with Gasteiger partial charge in [-0.25, -0.2) is 13.2 Å². The summed E-state index contributed by atoms with van der Waals surface area (Å²) in [7, 11) is 1.44. The molecular weight excluding hydrogens is 325 g/mol. The minimum Gasteiger partial charge on any atom is -0.378 e. The van der Waals surface area contributed by atoms with Crippen LogP contribution in [0.3, 0.4) is 0 Å². The van der Waals surface area contributed by atoms with E-state index in [-0.39, 0.29) is 17.8 Å². The van der Waals surface area contributed by atoms with E-state index >= 15 is 0 Å². The van der Waals surface area contributed by atoms with Crippen molar-refractivity contribution in [1.82, 2.24) is 0 Å². The van der Waals surface area contributed by atoms with Crippen LogP contribution in [0.25, 0.3) is 0 Å². The first-order valence-electron chi connectivity index (χ1n) is 10.5. The van der Waals surface area contributed by atoms with Crippen molar-refractivity contribution in [3.63, 3.8) is 0 Å². The molecule has 1 nitrogen and oxygen atoms in total. The number of rotatable bonds is 4. The number of hydrogen-bond acceptors (Lipinski definition) is 1. The quantitative estimate of drug-likeness (QED) is 0.592. The zero-order valence-corrected chi connectivity index (χ0v) is 15.8. The van der Waals surface area contributed by atoms with Crippen molar-refractivity contribution in [2.24, 2.45) is 29.6 Å². The van der Waals surface area contributed by atoms with E-state index in [0.717, 1.165) is 31.6 Å². The van der Waals surface area contributed by atoms with Gasteiger partial charge in [0.15, 0.2) is 6.17 Å². The molecule has 0 heterocycles. The summed E-state index contributed by atoms with van der Waals surface area (Å²) in [5.41, 5.74) is 0. The summed E-state index contributed by atoms with van der Waals surface area (Å²) in [6.07, 6.45) is 4.90. The lowest BCUT2D eigenvalue weighted by Crippen LogP contribution is -2.46. The van der Waals surface area contributed by atoms with Crippen LogP contribution in [-0.4, -0.2) is 31.7 Å². The summed E-state index contributed by atoms with van der Waals surface area (Å²) in [5, 5.41) is 0. The Morgan fingerprint density at radius 3 is 2.00 bits per heavy atom. The van der Waals surface area contributed by atoms with Crippen molar-refractivity contribution in [2.45, 2.75) is 95.8 Å². The largest absolute Gasteiger partial charge is 0.378 e. The Morgan fingerprint density at radius 1 is 0.760 bits per heavy atom. The van der Waals surface area contributed by atoms with E-state index in [1.165, 1.54) is 26.4 Å². The molecule has 0 aromatic carbocycles. The van der Waals surface area contributed by atoms with E-state index in [9.17, 15) is 13.2 Å². The maximum Gasteiger partial charge on any atom is 0.157 e. The van der Waals surface area contributed by atoms with Gasteiger partial charge in [-0.1, -0.05) is 26.2 Å². The maximum atomic E-state index is 14.9. The first kappa shape index (κ1) is 19.5. The molecule has 0 amide bonds. The number of methoxy groups -OCH3 is 1. The average molecular weight is 361 g/mol. The summed E-state index contributed by atoms with van der Waals surface area (Å²) in [4.78, 5) is 0.